The SMILES string of the molecule is CCSc1nnc(NC(=O)CSc2nnc(CNC(=O)c3ccc(S(=O)(=O)N4CCOCC4)cc3)n2-c2cc(C)ccc2C)s1. The molecule has 45 heavy (non-hydrogen) atoms. The van der Waals surface area contributed by atoms with E-state index in [4.69, 9.17) is 4.74 Å². The first kappa shape index (κ1) is 33.0. The lowest BCUT2D eigenvalue weighted by Crippen LogP contribution is -2.40. The van der Waals surface area contributed by atoms with E-state index < -0.39 is 15.9 Å². The number of rotatable bonds is 12. The second kappa shape index (κ2) is 14.8. The lowest BCUT2D eigenvalue weighted by molar-refractivity contribution is -0.113. The van der Waals surface area contributed by atoms with Crippen molar-refractivity contribution in [3.8, 4) is 5.69 Å². The molecule has 2 N–H and O–H groups in total. The van der Waals surface area contributed by atoms with E-state index in [0.29, 0.717) is 48.0 Å². The number of aromatic nitrogens is 5. The van der Waals surface area contributed by atoms with Crippen LogP contribution in [0.3, 0.4) is 0 Å². The fourth-order valence-corrected chi connectivity index (χ4v) is 8.25. The summed E-state index contributed by atoms with van der Waals surface area (Å²) in [4.78, 5) is 25.9. The van der Waals surface area contributed by atoms with Crippen molar-refractivity contribution < 1.29 is 22.7 Å². The summed E-state index contributed by atoms with van der Waals surface area (Å²) in [5.41, 5.74) is 3.12. The Morgan fingerprint density at radius 3 is 2.49 bits per heavy atom. The quantitative estimate of drug-likeness (QED) is 0.166. The largest absolute Gasteiger partial charge is 0.379 e. The molecular weight excluding hydrogens is 657 g/mol. The van der Waals surface area contributed by atoms with Crippen LogP contribution in [0, 0.1) is 13.8 Å². The Kier molecular flexibility index (Phi) is 10.9. The highest BCUT2D eigenvalue weighted by Crippen LogP contribution is 2.27. The molecule has 2 aromatic heterocycles. The summed E-state index contributed by atoms with van der Waals surface area (Å²) in [7, 11) is -3.67. The van der Waals surface area contributed by atoms with Gasteiger partial charge >= 0.3 is 0 Å². The number of hydrogen-bond acceptors (Lipinski definition) is 12. The number of thioether (sulfide) groups is 2. The fourth-order valence-electron chi connectivity index (χ4n) is 4.41. The lowest BCUT2D eigenvalue weighted by atomic mass is 10.1. The first-order valence-electron chi connectivity index (χ1n) is 14.0. The summed E-state index contributed by atoms with van der Waals surface area (Å²) in [5.74, 6) is 0.740. The van der Waals surface area contributed by atoms with Crippen molar-refractivity contribution in [2.24, 2.45) is 0 Å². The molecule has 0 unspecified atom stereocenters. The van der Waals surface area contributed by atoms with Crippen molar-refractivity contribution in [1.29, 1.82) is 0 Å². The van der Waals surface area contributed by atoms with Gasteiger partial charge in [0.25, 0.3) is 5.91 Å². The van der Waals surface area contributed by atoms with E-state index in [1.165, 1.54) is 51.7 Å². The van der Waals surface area contributed by atoms with Crippen LogP contribution in [0.5, 0.6) is 0 Å². The fraction of sp³-hybridized carbons (Fsp3) is 0.357. The first-order chi connectivity index (χ1) is 21.7. The topological polar surface area (TPSA) is 161 Å². The molecule has 0 spiro atoms. The molecule has 2 aromatic carbocycles. The summed E-state index contributed by atoms with van der Waals surface area (Å²) < 4.78 is 35.1. The number of morpholine rings is 1. The summed E-state index contributed by atoms with van der Waals surface area (Å²) >= 11 is 4.09. The molecule has 3 heterocycles. The van der Waals surface area contributed by atoms with Crippen molar-refractivity contribution >= 4 is 61.8 Å². The highest BCUT2D eigenvalue weighted by atomic mass is 32.2. The van der Waals surface area contributed by atoms with Crippen LogP contribution in [-0.4, -0.2) is 87.3 Å². The van der Waals surface area contributed by atoms with E-state index in [1.807, 2.05) is 43.5 Å². The summed E-state index contributed by atoms with van der Waals surface area (Å²) in [6.07, 6.45) is 0. The van der Waals surface area contributed by atoms with Crippen molar-refractivity contribution in [3.63, 3.8) is 0 Å². The molecule has 4 aromatic rings. The number of aryl methyl sites for hydroxylation is 2. The van der Waals surface area contributed by atoms with Crippen LogP contribution in [0.2, 0.25) is 0 Å². The minimum atomic E-state index is -3.67. The van der Waals surface area contributed by atoms with E-state index in [0.717, 1.165) is 26.9 Å². The highest BCUT2D eigenvalue weighted by Gasteiger charge is 2.26. The smallest absolute Gasteiger partial charge is 0.251 e. The predicted octanol–water partition coefficient (Wildman–Crippen LogP) is 3.53. The van der Waals surface area contributed by atoms with Crippen LogP contribution >= 0.6 is 34.9 Å². The van der Waals surface area contributed by atoms with Gasteiger partial charge in [0.1, 0.15) is 0 Å². The average Bonchev–Trinajstić information content (AvgIpc) is 3.66. The van der Waals surface area contributed by atoms with Crippen molar-refractivity contribution in [2.75, 3.05) is 43.1 Å². The van der Waals surface area contributed by atoms with Crippen molar-refractivity contribution in [1.82, 2.24) is 34.6 Å². The number of amides is 2. The molecule has 238 valence electrons. The third-order valence-electron chi connectivity index (χ3n) is 6.69. The minimum Gasteiger partial charge on any atom is -0.379 e. The maximum atomic E-state index is 13.1. The van der Waals surface area contributed by atoms with Crippen molar-refractivity contribution in [2.45, 2.75) is 41.7 Å². The molecule has 2 amide bonds. The number of ether oxygens (including phenoxy) is 1. The molecule has 0 radical (unpaired) electrons. The molecule has 1 saturated heterocycles. The van der Waals surface area contributed by atoms with Gasteiger partial charge in [0.05, 0.1) is 36.1 Å². The maximum absolute atomic E-state index is 13.1. The van der Waals surface area contributed by atoms with E-state index in [9.17, 15) is 18.0 Å². The standard InChI is InChI=1S/C28H32N8O5S4/c1-4-42-28-34-32-26(44-28)30-24(37)17-43-27-33-31-23(36(27)22-15-18(2)5-6-19(22)3)16-29-25(38)20-7-9-21(10-8-20)45(39,40)35-11-13-41-14-12-35/h5-10,15H,4,11-14,16-17H2,1-3H3,(H,29,38)(H,30,32,37). The van der Waals surface area contributed by atoms with Gasteiger partial charge in [-0.15, -0.1) is 20.4 Å². The number of nitrogens with zero attached hydrogens (tertiary/aromatic N) is 6. The Labute approximate surface area is 273 Å². The molecule has 13 nitrogen and oxygen atoms in total. The first-order valence-corrected chi connectivity index (χ1v) is 18.3. The summed E-state index contributed by atoms with van der Waals surface area (Å²) in [6.45, 7) is 7.29. The molecule has 1 aliphatic rings. The van der Waals surface area contributed by atoms with Gasteiger partial charge in [-0.05, 0) is 61.1 Å². The molecule has 0 atom stereocenters. The van der Waals surface area contributed by atoms with Crippen LogP contribution in [0.1, 0.15) is 34.2 Å². The van der Waals surface area contributed by atoms with E-state index in [1.54, 1.807) is 11.8 Å². The molecular formula is C28H32N8O5S4. The number of sulfonamides is 1. The molecule has 1 aliphatic heterocycles. The number of anilines is 1. The van der Waals surface area contributed by atoms with E-state index in [-0.39, 0.29) is 23.1 Å². The Morgan fingerprint density at radius 2 is 1.76 bits per heavy atom. The normalized spacial score (nSPS) is 13.9. The van der Waals surface area contributed by atoms with Gasteiger partial charge in [-0.3, -0.25) is 19.5 Å². The third kappa shape index (κ3) is 8.09. The Balaban J connectivity index is 1.29. The summed E-state index contributed by atoms with van der Waals surface area (Å²) in [5, 5.41) is 23.3. The number of nitrogens with one attached hydrogen (secondary N) is 2. The number of carbonyl (C=O) groups is 2. The zero-order chi connectivity index (χ0) is 32.0. The maximum Gasteiger partial charge on any atom is 0.251 e. The van der Waals surface area contributed by atoms with Gasteiger partial charge in [-0.1, -0.05) is 53.9 Å². The van der Waals surface area contributed by atoms with Crippen molar-refractivity contribution in [3.05, 3.63) is 65.0 Å². The van der Waals surface area contributed by atoms with Crippen LogP contribution in [-0.2, 0) is 26.1 Å². The molecule has 0 aliphatic carbocycles. The van der Waals surface area contributed by atoms with Gasteiger partial charge in [-0.2, -0.15) is 4.31 Å². The van der Waals surface area contributed by atoms with Gasteiger partial charge < -0.3 is 10.1 Å². The lowest BCUT2D eigenvalue weighted by Gasteiger charge is -2.26. The molecule has 0 bridgehead atoms. The molecule has 0 saturated carbocycles. The summed E-state index contributed by atoms with van der Waals surface area (Å²) in [6, 6.07) is 11.8. The minimum absolute atomic E-state index is 0.0441. The molecule has 5 rings (SSSR count). The Hall–Kier alpha value is -3.35. The van der Waals surface area contributed by atoms with Crippen LogP contribution in [0.25, 0.3) is 5.69 Å². The van der Waals surface area contributed by atoms with Crippen LogP contribution in [0.15, 0.2) is 56.9 Å². The number of hydrogen-bond donors (Lipinski definition) is 2. The van der Waals surface area contributed by atoms with Gasteiger partial charge in [0, 0.05) is 18.7 Å². The third-order valence-corrected chi connectivity index (χ3v) is 11.4. The van der Waals surface area contributed by atoms with Crippen LogP contribution in [0.4, 0.5) is 5.13 Å². The second-order valence-corrected chi connectivity index (χ2v) is 15.3. The number of carbonyl (C=O) groups excluding carboxylic acids is 2. The molecule has 17 heteroatoms. The zero-order valence-electron chi connectivity index (χ0n) is 24.8. The van der Waals surface area contributed by atoms with Gasteiger partial charge in [0.2, 0.25) is 21.1 Å². The second-order valence-electron chi connectivity index (χ2n) is 9.89. The predicted molar refractivity (Wildman–Crippen MR) is 174 cm³/mol. The number of benzene rings is 2. The van der Waals surface area contributed by atoms with Gasteiger partial charge in [0.15, 0.2) is 15.3 Å². The zero-order valence-corrected chi connectivity index (χ0v) is 28.1. The highest BCUT2D eigenvalue weighted by molar-refractivity contribution is 8.01. The monoisotopic (exact) mass is 688 g/mol. The van der Waals surface area contributed by atoms with Gasteiger partial charge in [-0.25, -0.2) is 8.42 Å². The van der Waals surface area contributed by atoms with Crippen LogP contribution < -0.4 is 10.6 Å². The average molecular weight is 689 g/mol. The van der Waals surface area contributed by atoms with E-state index in [2.05, 4.69) is 31.0 Å². The molecule has 1 fully saturated rings. The van der Waals surface area contributed by atoms with E-state index >= 15 is 0 Å². The Morgan fingerprint density at radius 1 is 1.00 bits per heavy atom. The Bertz CT molecular complexity index is 1770.